The molecule has 2 aromatic rings. The zero-order valence-electron chi connectivity index (χ0n) is 14.7. The second kappa shape index (κ2) is 8.49. The third-order valence-electron chi connectivity index (χ3n) is 4.30. The summed E-state index contributed by atoms with van der Waals surface area (Å²) >= 11 is 0. The van der Waals surface area contributed by atoms with Crippen LogP contribution in [0.1, 0.15) is 23.7 Å². The van der Waals surface area contributed by atoms with E-state index in [2.05, 4.69) is 10.3 Å². The largest absolute Gasteiger partial charge is 0.463 e. The van der Waals surface area contributed by atoms with E-state index in [4.69, 9.17) is 15.2 Å². The van der Waals surface area contributed by atoms with E-state index in [1.165, 1.54) is 12.7 Å². The van der Waals surface area contributed by atoms with E-state index < -0.39 is 6.10 Å². The Hall–Kier alpha value is -2.86. The number of amides is 1. The molecule has 1 unspecified atom stereocenters. The summed E-state index contributed by atoms with van der Waals surface area (Å²) in [5.41, 5.74) is 8.25. The van der Waals surface area contributed by atoms with Gasteiger partial charge >= 0.3 is 0 Å². The van der Waals surface area contributed by atoms with Crippen molar-refractivity contribution in [1.82, 2.24) is 0 Å². The van der Waals surface area contributed by atoms with Gasteiger partial charge in [-0.2, -0.15) is 0 Å². The number of rotatable bonds is 7. The Kier molecular flexibility index (Phi) is 5.86. The smallest absolute Gasteiger partial charge is 0.282 e. The third kappa shape index (κ3) is 4.61. The molecule has 1 aliphatic rings. The summed E-state index contributed by atoms with van der Waals surface area (Å²) in [7, 11) is 1.53. The van der Waals surface area contributed by atoms with Crippen molar-refractivity contribution in [3.8, 4) is 0 Å². The Morgan fingerprint density at radius 1 is 1.27 bits per heavy atom. The van der Waals surface area contributed by atoms with Gasteiger partial charge in [-0.1, -0.05) is 42.5 Å². The average Bonchev–Trinajstić information content (AvgIpc) is 3.08. The van der Waals surface area contributed by atoms with Gasteiger partial charge in [0.15, 0.2) is 6.10 Å². The number of aryl methyl sites for hydroxylation is 1. The zero-order chi connectivity index (χ0) is 18.4. The molecule has 0 bridgehead atoms. The van der Waals surface area contributed by atoms with E-state index in [-0.39, 0.29) is 18.0 Å². The SMILES string of the molecule is CO[C@H](C(=O)Nc1ccc(CCC2COC(N)=N2)cc1)c1ccccc1. The van der Waals surface area contributed by atoms with Crippen LogP contribution in [0.4, 0.5) is 5.69 Å². The predicted octanol–water partition coefficient (Wildman–Crippen LogP) is 2.66. The van der Waals surface area contributed by atoms with Gasteiger partial charge in [0.25, 0.3) is 11.9 Å². The number of carbonyl (C=O) groups excluding carboxylic acids is 1. The number of hydrogen-bond acceptors (Lipinski definition) is 5. The molecule has 3 N–H and O–H groups in total. The molecule has 0 aliphatic carbocycles. The van der Waals surface area contributed by atoms with Gasteiger partial charge in [0, 0.05) is 12.8 Å². The van der Waals surface area contributed by atoms with Crippen molar-refractivity contribution in [3.63, 3.8) is 0 Å². The van der Waals surface area contributed by atoms with Gasteiger partial charge in [-0.15, -0.1) is 0 Å². The fourth-order valence-electron chi connectivity index (χ4n) is 2.90. The number of anilines is 1. The Morgan fingerprint density at radius 3 is 2.62 bits per heavy atom. The topological polar surface area (TPSA) is 85.9 Å². The summed E-state index contributed by atoms with van der Waals surface area (Å²) in [6, 6.07) is 17.6. The molecular formula is C20H23N3O3. The zero-order valence-corrected chi connectivity index (χ0v) is 14.7. The van der Waals surface area contributed by atoms with Crippen LogP contribution in [0.2, 0.25) is 0 Å². The summed E-state index contributed by atoms with van der Waals surface area (Å²) < 4.78 is 10.5. The first kappa shape index (κ1) is 17.9. The molecule has 0 aromatic heterocycles. The van der Waals surface area contributed by atoms with Crippen LogP contribution in [0.5, 0.6) is 0 Å². The highest BCUT2D eigenvalue weighted by Gasteiger charge is 2.20. The van der Waals surface area contributed by atoms with Crippen molar-refractivity contribution in [2.45, 2.75) is 25.0 Å². The maximum atomic E-state index is 12.5. The lowest BCUT2D eigenvalue weighted by atomic mass is 10.1. The van der Waals surface area contributed by atoms with Crippen LogP contribution < -0.4 is 11.1 Å². The first-order valence-electron chi connectivity index (χ1n) is 8.59. The molecule has 3 rings (SSSR count). The molecule has 0 saturated heterocycles. The van der Waals surface area contributed by atoms with Crippen LogP contribution in [-0.2, 0) is 20.7 Å². The normalized spacial score (nSPS) is 17.3. The van der Waals surface area contributed by atoms with Crippen LogP contribution in [0, 0.1) is 0 Å². The minimum Gasteiger partial charge on any atom is -0.463 e. The molecule has 26 heavy (non-hydrogen) atoms. The van der Waals surface area contributed by atoms with Gasteiger partial charge in [-0.25, -0.2) is 4.99 Å². The first-order valence-corrected chi connectivity index (χ1v) is 8.59. The lowest BCUT2D eigenvalue weighted by Crippen LogP contribution is -2.22. The number of carbonyl (C=O) groups is 1. The number of benzene rings is 2. The van der Waals surface area contributed by atoms with Gasteiger partial charge in [-0.05, 0) is 36.1 Å². The Balaban J connectivity index is 1.55. The second-order valence-electron chi connectivity index (χ2n) is 6.18. The van der Waals surface area contributed by atoms with Crippen molar-refractivity contribution >= 4 is 17.6 Å². The molecule has 136 valence electrons. The Labute approximate surface area is 153 Å². The number of methoxy groups -OCH3 is 1. The van der Waals surface area contributed by atoms with E-state index in [0.717, 1.165) is 24.1 Å². The quantitative estimate of drug-likeness (QED) is 0.801. The van der Waals surface area contributed by atoms with Crippen LogP contribution in [-0.4, -0.2) is 31.7 Å². The fraction of sp³-hybridized carbons (Fsp3) is 0.300. The van der Waals surface area contributed by atoms with Crippen LogP contribution >= 0.6 is 0 Å². The number of nitrogens with one attached hydrogen (secondary N) is 1. The summed E-state index contributed by atoms with van der Waals surface area (Å²) in [6.07, 6.45) is 1.12. The molecule has 6 nitrogen and oxygen atoms in total. The number of hydrogen-bond donors (Lipinski definition) is 2. The minimum atomic E-state index is -0.637. The molecule has 0 spiro atoms. The Bertz CT molecular complexity index is 760. The highest BCUT2D eigenvalue weighted by Crippen LogP contribution is 2.20. The van der Waals surface area contributed by atoms with Gasteiger partial charge in [0.2, 0.25) is 0 Å². The molecule has 1 amide bonds. The van der Waals surface area contributed by atoms with Gasteiger partial charge in [0.1, 0.15) is 6.61 Å². The lowest BCUT2D eigenvalue weighted by Gasteiger charge is -2.16. The molecule has 0 radical (unpaired) electrons. The van der Waals surface area contributed by atoms with Crippen LogP contribution in [0.3, 0.4) is 0 Å². The minimum absolute atomic E-state index is 0.128. The molecular weight excluding hydrogens is 330 g/mol. The van der Waals surface area contributed by atoms with E-state index >= 15 is 0 Å². The van der Waals surface area contributed by atoms with E-state index in [9.17, 15) is 4.79 Å². The van der Waals surface area contributed by atoms with Gasteiger partial charge < -0.3 is 20.5 Å². The highest BCUT2D eigenvalue weighted by atomic mass is 16.5. The molecule has 6 heteroatoms. The molecule has 2 atom stereocenters. The van der Waals surface area contributed by atoms with Gasteiger partial charge in [-0.3, -0.25) is 4.79 Å². The molecule has 0 saturated carbocycles. The lowest BCUT2D eigenvalue weighted by molar-refractivity contribution is -0.126. The predicted molar refractivity (Wildman–Crippen MR) is 101 cm³/mol. The maximum Gasteiger partial charge on any atom is 0.282 e. The number of ether oxygens (including phenoxy) is 2. The van der Waals surface area contributed by atoms with Crippen molar-refractivity contribution < 1.29 is 14.3 Å². The summed E-state index contributed by atoms with van der Waals surface area (Å²) in [5.74, 6) is -0.195. The van der Waals surface area contributed by atoms with Crippen molar-refractivity contribution in [3.05, 3.63) is 65.7 Å². The highest BCUT2D eigenvalue weighted by molar-refractivity contribution is 5.94. The summed E-state index contributed by atoms with van der Waals surface area (Å²) in [4.78, 5) is 16.7. The van der Waals surface area contributed by atoms with E-state index in [1.54, 1.807) is 0 Å². The average molecular weight is 353 g/mol. The molecule has 0 fully saturated rings. The van der Waals surface area contributed by atoms with E-state index in [1.807, 2.05) is 54.6 Å². The second-order valence-corrected chi connectivity index (χ2v) is 6.18. The fourth-order valence-corrected chi connectivity index (χ4v) is 2.90. The number of aliphatic imine (C=N–C) groups is 1. The summed E-state index contributed by atoms with van der Waals surface area (Å²) in [5, 5.41) is 2.90. The standard InChI is InChI=1S/C20H23N3O3/c1-25-18(15-5-3-2-4-6-15)19(24)22-16-10-7-14(8-11-16)9-12-17-13-26-20(21)23-17/h2-8,10-11,17-18H,9,12-13H2,1H3,(H2,21,23)(H,22,24)/t17?,18-/m0/s1. The molecule has 1 heterocycles. The monoisotopic (exact) mass is 353 g/mol. The number of nitrogens with zero attached hydrogens (tertiary/aromatic N) is 1. The number of nitrogens with two attached hydrogens (primary N) is 1. The van der Waals surface area contributed by atoms with Crippen molar-refractivity contribution in [1.29, 1.82) is 0 Å². The van der Waals surface area contributed by atoms with Crippen molar-refractivity contribution in [2.75, 3.05) is 19.0 Å². The van der Waals surface area contributed by atoms with Crippen LogP contribution in [0.15, 0.2) is 59.6 Å². The Morgan fingerprint density at radius 2 is 2.00 bits per heavy atom. The first-order chi connectivity index (χ1) is 12.7. The molecule has 2 aromatic carbocycles. The summed E-state index contributed by atoms with van der Waals surface area (Å²) in [6.45, 7) is 0.553. The number of amidine groups is 1. The third-order valence-corrected chi connectivity index (χ3v) is 4.30. The van der Waals surface area contributed by atoms with E-state index in [0.29, 0.717) is 6.61 Å². The maximum absolute atomic E-state index is 12.5. The van der Waals surface area contributed by atoms with Gasteiger partial charge in [0.05, 0.1) is 6.04 Å². The van der Waals surface area contributed by atoms with Crippen LogP contribution in [0.25, 0.3) is 0 Å². The van der Waals surface area contributed by atoms with Crippen molar-refractivity contribution in [2.24, 2.45) is 10.7 Å². The molecule has 1 aliphatic heterocycles.